The molecule has 0 aromatic heterocycles. The molecule has 6 heteroatoms. The van der Waals surface area contributed by atoms with Gasteiger partial charge in [0.2, 0.25) is 0 Å². The first kappa shape index (κ1) is 18.3. The zero-order valence-corrected chi connectivity index (χ0v) is 15.8. The highest BCUT2D eigenvalue weighted by atomic mass is 35.5. The van der Waals surface area contributed by atoms with Crippen LogP contribution in [0.15, 0.2) is 24.3 Å². The number of carbonyl (C=O) groups is 1. The predicted octanol–water partition coefficient (Wildman–Crippen LogP) is 2.95. The van der Waals surface area contributed by atoms with Crippen molar-refractivity contribution < 1.29 is 4.79 Å². The third-order valence-electron chi connectivity index (χ3n) is 5.32. The molecule has 2 atom stereocenters. The lowest BCUT2D eigenvalue weighted by Crippen LogP contribution is -2.51. The summed E-state index contributed by atoms with van der Waals surface area (Å²) in [7, 11) is 0. The first-order valence-electron chi connectivity index (χ1n) is 9.41. The second kappa shape index (κ2) is 8.77. The molecule has 0 saturated carbocycles. The molecule has 0 aliphatic carbocycles. The van der Waals surface area contributed by atoms with Gasteiger partial charge < -0.3 is 20.4 Å². The van der Waals surface area contributed by atoms with Gasteiger partial charge in [0.1, 0.15) is 0 Å². The summed E-state index contributed by atoms with van der Waals surface area (Å²) < 4.78 is 0. The highest BCUT2D eigenvalue weighted by molar-refractivity contribution is 6.30. The molecule has 1 aromatic rings. The minimum Gasteiger partial charge on any atom is -0.371 e. The Morgan fingerprint density at radius 1 is 1.20 bits per heavy atom. The highest BCUT2D eigenvalue weighted by Crippen LogP contribution is 2.24. The molecule has 2 saturated heterocycles. The van der Waals surface area contributed by atoms with Crippen LogP contribution in [0.25, 0.3) is 0 Å². The van der Waals surface area contributed by atoms with Crippen molar-refractivity contribution in [3.63, 3.8) is 0 Å². The number of nitrogens with zero attached hydrogens (tertiary/aromatic N) is 2. The Bertz CT molecular complexity index is 565. The number of anilines is 1. The zero-order chi connectivity index (χ0) is 17.6. The van der Waals surface area contributed by atoms with Gasteiger partial charge in [-0.25, -0.2) is 4.79 Å². The molecule has 0 spiro atoms. The van der Waals surface area contributed by atoms with Gasteiger partial charge in [-0.1, -0.05) is 18.5 Å². The first-order valence-corrected chi connectivity index (χ1v) is 9.79. The van der Waals surface area contributed by atoms with Crippen molar-refractivity contribution in [2.24, 2.45) is 5.92 Å². The van der Waals surface area contributed by atoms with Gasteiger partial charge in [0.15, 0.2) is 0 Å². The van der Waals surface area contributed by atoms with E-state index >= 15 is 0 Å². The fraction of sp³-hybridized carbons (Fsp3) is 0.632. The lowest BCUT2D eigenvalue weighted by atomic mass is 10.1. The fourth-order valence-electron chi connectivity index (χ4n) is 3.82. The lowest BCUT2D eigenvalue weighted by molar-refractivity contribution is 0.192. The number of hydrogen-bond acceptors (Lipinski definition) is 3. The molecule has 2 fully saturated rings. The summed E-state index contributed by atoms with van der Waals surface area (Å²) in [5, 5.41) is 6.97. The largest absolute Gasteiger partial charge is 0.371 e. The molecule has 0 radical (unpaired) electrons. The number of halogens is 1. The van der Waals surface area contributed by atoms with Crippen molar-refractivity contribution in [2.75, 3.05) is 44.2 Å². The van der Waals surface area contributed by atoms with E-state index in [1.54, 1.807) is 0 Å². The quantitative estimate of drug-likeness (QED) is 0.844. The number of nitrogens with one attached hydrogen (secondary N) is 2. The molecule has 2 aliphatic rings. The van der Waals surface area contributed by atoms with E-state index in [2.05, 4.69) is 39.5 Å². The van der Waals surface area contributed by atoms with Crippen molar-refractivity contribution in [1.82, 2.24) is 15.5 Å². The van der Waals surface area contributed by atoms with E-state index < -0.39 is 0 Å². The molecule has 25 heavy (non-hydrogen) atoms. The van der Waals surface area contributed by atoms with E-state index in [0.29, 0.717) is 5.92 Å². The Hall–Kier alpha value is -1.46. The Kier molecular flexibility index (Phi) is 6.43. The maximum absolute atomic E-state index is 12.2. The minimum atomic E-state index is -0.0205. The van der Waals surface area contributed by atoms with Gasteiger partial charge in [-0.3, -0.25) is 0 Å². The van der Waals surface area contributed by atoms with Gasteiger partial charge in [-0.2, -0.15) is 0 Å². The monoisotopic (exact) mass is 364 g/mol. The molecule has 0 unspecified atom stereocenters. The van der Waals surface area contributed by atoms with Gasteiger partial charge in [-0.15, -0.1) is 0 Å². The normalized spacial score (nSPS) is 24.3. The molecular weight excluding hydrogens is 336 g/mol. The summed E-state index contributed by atoms with van der Waals surface area (Å²) in [6.07, 6.45) is 3.35. The minimum absolute atomic E-state index is 0.0205. The van der Waals surface area contributed by atoms with E-state index in [9.17, 15) is 4.79 Å². The first-order chi connectivity index (χ1) is 12.1. The number of piperidine rings is 1. The topological polar surface area (TPSA) is 47.6 Å². The molecule has 138 valence electrons. The Balaban J connectivity index is 1.39. The number of likely N-dealkylation sites (N-methyl/N-ethyl adjacent to an activating group) is 1. The number of carbonyl (C=O) groups excluding carboxylic acids is 1. The number of amides is 2. The average Bonchev–Trinajstić information content (AvgIpc) is 3.10. The molecule has 3 rings (SSSR count). The van der Waals surface area contributed by atoms with Crippen LogP contribution in [0, 0.1) is 5.92 Å². The third kappa shape index (κ3) is 5.25. The van der Waals surface area contributed by atoms with Crippen molar-refractivity contribution in [3.8, 4) is 0 Å². The van der Waals surface area contributed by atoms with Gasteiger partial charge >= 0.3 is 6.03 Å². The Labute approximate surface area is 155 Å². The summed E-state index contributed by atoms with van der Waals surface area (Å²) in [4.78, 5) is 16.9. The number of benzene rings is 1. The maximum Gasteiger partial charge on any atom is 0.315 e. The Morgan fingerprint density at radius 3 is 2.76 bits per heavy atom. The van der Waals surface area contributed by atoms with Gasteiger partial charge in [0.25, 0.3) is 0 Å². The smallest absolute Gasteiger partial charge is 0.315 e. The summed E-state index contributed by atoms with van der Waals surface area (Å²) in [5.41, 5.74) is 1.21. The lowest BCUT2D eigenvalue weighted by Gasteiger charge is -2.32. The summed E-state index contributed by atoms with van der Waals surface area (Å²) >= 11 is 5.95. The molecule has 2 aliphatic heterocycles. The van der Waals surface area contributed by atoms with Crippen LogP contribution in [-0.4, -0.2) is 56.2 Å². The van der Waals surface area contributed by atoms with Crippen molar-refractivity contribution in [3.05, 3.63) is 29.3 Å². The summed E-state index contributed by atoms with van der Waals surface area (Å²) in [5.74, 6) is 0.500. The van der Waals surface area contributed by atoms with Crippen LogP contribution in [0.2, 0.25) is 5.02 Å². The molecule has 2 amide bonds. The van der Waals surface area contributed by atoms with Crippen LogP contribution in [0.3, 0.4) is 0 Å². The number of hydrogen-bond donors (Lipinski definition) is 2. The summed E-state index contributed by atoms with van der Waals surface area (Å²) in [6, 6.07) is 8.25. The fourth-order valence-corrected chi connectivity index (χ4v) is 3.95. The van der Waals surface area contributed by atoms with Gasteiger partial charge in [0, 0.05) is 42.9 Å². The van der Waals surface area contributed by atoms with E-state index in [0.717, 1.165) is 63.6 Å². The number of likely N-dealkylation sites (tertiary alicyclic amines) is 1. The van der Waals surface area contributed by atoms with Crippen LogP contribution in [0.1, 0.15) is 26.2 Å². The molecule has 2 N–H and O–H groups in total. The van der Waals surface area contributed by atoms with Crippen LogP contribution in [0.4, 0.5) is 10.5 Å². The third-order valence-corrected chi connectivity index (χ3v) is 5.57. The second-order valence-corrected chi connectivity index (χ2v) is 7.60. The van der Waals surface area contributed by atoms with Crippen LogP contribution in [-0.2, 0) is 0 Å². The van der Waals surface area contributed by atoms with Gasteiger partial charge in [-0.05, 0) is 62.5 Å². The highest BCUT2D eigenvalue weighted by Gasteiger charge is 2.24. The molecule has 1 aromatic carbocycles. The van der Waals surface area contributed by atoms with Crippen LogP contribution >= 0.6 is 11.6 Å². The molecular formula is C19H29ClN4O. The standard InChI is InChI=1S/C19H29ClN4O/c1-2-23-10-3-4-17(14-23)22-19(25)21-12-15-9-11-24(13-15)18-7-5-16(20)6-8-18/h5-8,15,17H,2-4,9-14H2,1H3,(H2,21,22,25)/t15-,17+/m0/s1. The van der Waals surface area contributed by atoms with E-state index in [1.807, 2.05) is 12.1 Å². The maximum atomic E-state index is 12.2. The van der Waals surface area contributed by atoms with Crippen LogP contribution < -0.4 is 15.5 Å². The summed E-state index contributed by atoms with van der Waals surface area (Å²) in [6.45, 7) is 8.10. The van der Waals surface area contributed by atoms with E-state index in [4.69, 9.17) is 11.6 Å². The van der Waals surface area contributed by atoms with Crippen molar-refractivity contribution in [1.29, 1.82) is 0 Å². The number of rotatable bonds is 5. The molecule has 5 nitrogen and oxygen atoms in total. The molecule has 0 bridgehead atoms. The number of urea groups is 1. The van der Waals surface area contributed by atoms with E-state index in [-0.39, 0.29) is 12.1 Å². The SMILES string of the molecule is CCN1CCC[C@@H](NC(=O)NC[C@@H]2CCN(c3ccc(Cl)cc3)C2)C1. The predicted molar refractivity (Wildman–Crippen MR) is 103 cm³/mol. The zero-order valence-electron chi connectivity index (χ0n) is 15.0. The van der Waals surface area contributed by atoms with Crippen molar-refractivity contribution >= 4 is 23.3 Å². The Morgan fingerprint density at radius 2 is 2.00 bits per heavy atom. The molecule has 2 heterocycles. The van der Waals surface area contributed by atoms with Crippen molar-refractivity contribution in [2.45, 2.75) is 32.2 Å². The second-order valence-electron chi connectivity index (χ2n) is 7.16. The van der Waals surface area contributed by atoms with E-state index in [1.165, 1.54) is 5.69 Å². The average molecular weight is 365 g/mol. The van der Waals surface area contributed by atoms with Gasteiger partial charge in [0.05, 0.1) is 0 Å². The van der Waals surface area contributed by atoms with Crippen LogP contribution in [0.5, 0.6) is 0 Å².